The minimum atomic E-state index is 1.23. The van der Waals surface area contributed by atoms with Crippen LogP contribution in [0.2, 0.25) is 0 Å². The van der Waals surface area contributed by atoms with E-state index in [1.165, 1.54) is 76.5 Å². The van der Waals surface area contributed by atoms with Gasteiger partial charge in [-0.25, -0.2) is 0 Å². The minimum absolute atomic E-state index is 1.23. The lowest BCUT2D eigenvalue weighted by Crippen LogP contribution is -1.90. The average molecular weight is 507 g/mol. The van der Waals surface area contributed by atoms with E-state index in [-0.39, 0.29) is 0 Å². The van der Waals surface area contributed by atoms with Gasteiger partial charge in [0.1, 0.15) is 0 Å². The normalized spacial score (nSPS) is 11.5. The molecule has 186 valence electrons. The van der Waals surface area contributed by atoms with Gasteiger partial charge in [0.25, 0.3) is 0 Å². The Morgan fingerprint density at radius 1 is 0.225 bits per heavy atom. The van der Waals surface area contributed by atoms with E-state index >= 15 is 0 Å². The van der Waals surface area contributed by atoms with Crippen LogP contribution in [-0.4, -0.2) is 0 Å². The van der Waals surface area contributed by atoms with Crippen LogP contribution in [0.5, 0.6) is 0 Å². The zero-order valence-electron chi connectivity index (χ0n) is 22.0. The van der Waals surface area contributed by atoms with Gasteiger partial charge in [-0.2, -0.15) is 0 Å². The van der Waals surface area contributed by atoms with Crippen molar-refractivity contribution in [3.8, 4) is 33.4 Å². The second-order valence-corrected chi connectivity index (χ2v) is 10.5. The van der Waals surface area contributed by atoms with Crippen LogP contribution < -0.4 is 0 Å². The first-order valence-electron chi connectivity index (χ1n) is 13.9. The predicted octanol–water partition coefficient (Wildman–Crippen LogP) is 11.3. The first-order chi connectivity index (χ1) is 19.8. The molecule has 8 aromatic carbocycles. The van der Waals surface area contributed by atoms with E-state index in [2.05, 4.69) is 158 Å². The summed E-state index contributed by atoms with van der Waals surface area (Å²) in [5, 5.41) is 10.3. The molecule has 0 aliphatic carbocycles. The zero-order chi connectivity index (χ0) is 26.5. The monoisotopic (exact) mass is 506 g/mol. The second kappa shape index (κ2) is 9.22. The third kappa shape index (κ3) is 3.61. The Labute approximate surface area is 233 Å². The van der Waals surface area contributed by atoms with Gasteiger partial charge in [-0.05, 0) is 94.7 Å². The minimum Gasteiger partial charge on any atom is -0.0622 e. The molecule has 0 N–H and O–H groups in total. The maximum atomic E-state index is 2.42. The van der Waals surface area contributed by atoms with Crippen molar-refractivity contribution in [1.29, 1.82) is 0 Å². The summed E-state index contributed by atoms with van der Waals surface area (Å²) in [6.45, 7) is 0. The standard InChI is InChI=1S/C40H26/c1-2-12-27(13-3-1)29-16-10-17-30(24-29)37-25-39-36-22-9-8-21-35(36)38(26-40(39)34-20-7-6-19-33(34)37)32-23-11-15-28-14-4-5-18-31(28)32/h1-26H. The molecule has 0 fully saturated rings. The van der Waals surface area contributed by atoms with E-state index in [9.17, 15) is 0 Å². The molecule has 0 aliphatic heterocycles. The van der Waals surface area contributed by atoms with Crippen molar-refractivity contribution >= 4 is 43.1 Å². The molecule has 0 aliphatic rings. The fourth-order valence-electron chi connectivity index (χ4n) is 6.37. The van der Waals surface area contributed by atoms with Crippen molar-refractivity contribution in [3.05, 3.63) is 158 Å². The Morgan fingerprint density at radius 2 is 0.725 bits per heavy atom. The highest BCUT2D eigenvalue weighted by Crippen LogP contribution is 2.43. The number of benzene rings is 8. The van der Waals surface area contributed by atoms with Crippen LogP contribution in [0.1, 0.15) is 0 Å². The molecule has 0 atom stereocenters. The SMILES string of the molecule is c1ccc(-c2cccc(-c3cc4c5ccccc5c(-c5cccc6ccccc56)cc4c4ccccc34)c2)cc1. The maximum Gasteiger partial charge on any atom is -0.00923 e. The summed E-state index contributed by atoms with van der Waals surface area (Å²) >= 11 is 0. The molecule has 8 aromatic rings. The van der Waals surface area contributed by atoms with E-state index in [1.54, 1.807) is 0 Å². The molecular formula is C40H26. The molecule has 0 spiro atoms. The van der Waals surface area contributed by atoms with Crippen molar-refractivity contribution in [1.82, 2.24) is 0 Å². The number of hydrogen-bond donors (Lipinski definition) is 0. The summed E-state index contributed by atoms with van der Waals surface area (Å²) in [5.41, 5.74) is 7.53. The lowest BCUT2D eigenvalue weighted by atomic mass is 9.86. The van der Waals surface area contributed by atoms with Gasteiger partial charge in [0.15, 0.2) is 0 Å². The molecule has 0 saturated carbocycles. The van der Waals surface area contributed by atoms with Crippen LogP contribution in [-0.2, 0) is 0 Å². The lowest BCUT2D eigenvalue weighted by molar-refractivity contribution is 1.61. The Kier molecular flexibility index (Phi) is 5.24. The molecule has 0 radical (unpaired) electrons. The molecule has 0 bridgehead atoms. The largest absolute Gasteiger partial charge is 0.0622 e. The summed E-state index contributed by atoms with van der Waals surface area (Å²) in [7, 11) is 0. The number of fused-ring (bicyclic) bond motifs is 6. The van der Waals surface area contributed by atoms with E-state index in [0.717, 1.165) is 0 Å². The fraction of sp³-hybridized carbons (Fsp3) is 0. The van der Waals surface area contributed by atoms with Gasteiger partial charge in [0.05, 0.1) is 0 Å². The van der Waals surface area contributed by atoms with E-state index < -0.39 is 0 Å². The molecule has 0 heterocycles. The van der Waals surface area contributed by atoms with E-state index in [0.29, 0.717) is 0 Å². The quantitative estimate of drug-likeness (QED) is 0.209. The highest BCUT2D eigenvalue weighted by atomic mass is 14.2. The topological polar surface area (TPSA) is 0 Å². The summed E-state index contributed by atoms with van der Waals surface area (Å²) in [6, 6.07) is 57.5. The van der Waals surface area contributed by atoms with E-state index in [1.807, 2.05) is 0 Å². The van der Waals surface area contributed by atoms with Crippen LogP contribution >= 0.6 is 0 Å². The lowest BCUT2D eigenvalue weighted by Gasteiger charge is -2.17. The first-order valence-corrected chi connectivity index (χ1v) is 13.9. The van der Waals surface area contributed by atoms with E-state index in [4.69, 9.17) is 0 Å². The summed E-state index contributed by atoms with van der Waals surface area (Å²) in [4.78, 5) is 0. The van der Waals surface area contributed by atoms with Crippen LogP contribution in [0, 0.1) is 0 Å². The van der Waals surface area contributed by atoms with Crippen molar-refractivity contribution < 1.29 is 0 Å². The van der Waals surface area contributed by atoms with Gasteiger partial charge in [-0.15, -0.1) is 0 Å². The smallest absolute Gasteiger partial charge is 0.00923 e. The number of hydrogen-bond acceptors (Lipinski definition) is 0. The Bertz CT molecular complexity index is 2200. The van der Waals surface area contributed by atoms with Crippen molar-refractivity contribution in [2.75, 3.05) is 0 Å². The Balaban J connectivity index is 1.46. The van der Waals surface area contributed by atoms with Gasteiger partial charge in [-0.3, -0.25) is 0 Å². The predicted molar refractivity (Wildman–Crippen MR) is 173 cm³/mol. The van der Waals surface area contributed by atoms with Crippen molar-refractivity contribution in [2.24, 2.45) is 0 Å². The molecule has 0 nitrogen and oxygen atoms in total. The van der Waals surface area contributed by atoms with Gasteiger partial charge < -0.3 is 0 Å². The summed E-state index contributed by atoms with van der Waals surface area (Å²) in [6.07, 6.45) is 0. The highest BCUT2D eigenvalue weighted by Gasteiger charge is 2.15. The Hall–Kier alpha value is -5.20. The molecule has 0 unspecified atom stereocenters. The molecule has 0 amide bonds. The number of rotatable bonds is 3. The zero-order valence-corrected chi connectivity index (χ0v) is 22.0. The Morgan fingerprint density at radius 3 is 1.48 bits per heavy atom. The molecule has 0 saturated heterocycles. The highest BCUT2D eigenvalue weighted by molar-refractivity contribution is 6.24. The fourth-order valence-corrected chi connectivity index (χ4v) is 6.37. The van der Waals surface area contributed by atoms with Gasteiger partial charge >= 0.3 is 0 Å². The third-order valence-electron chi connectivity index (χ3n) is 8.24. The van der Waals surface area contributed by atoms with Gasteiger partial charge in [-0.1, -0.05) is 140 Å². The summed E-state index contributed by atoms with van der Waals surface area (Å²) < 4.78 is 0. The van der Waals surface area contributed by atoms with Crippen molar-refractivity contribution in [2.45, 2.75) is 0 Å². The van der Waals surface area contributed by atoms with Crippen LogP contribution in [0.4, 0.5) is 0 Å². The third-order valence-corrected chi connectivity index (χ3v) is 8.24. The molecular weight excluding hydrogens is 480 g/mol. The second-order valence-electron chi connectivity index (χ2n) is 10.5. The molecule has 8 rings (SSSR count). The van der Waals surface area contributed by atoms with Crippen molar-refractivity contribution in [3.63, 3.8) is 0 Å². The maximum absolute atomic E-state index is 2.42. The van der Waals surface area contributed by atoms with Gasteiger partial charge in [0.2, 0.25) is 0 Å². The van der Waals surface area contributed by atoms with Crippen LogP contribution in [0.3, 0.4) is 0 Å². The van der Waals surface area contributed by atoms with Crippen LogP contribution in [0.25, 0.3) is 76.5 Å². The molecule has 0 aromatic heterocycles. The first kappa shape index (κ1) is 22.8. The molecule has 0 heteroatoms. The molecule has 40 heavy (non-hydrogen) atoms. The summed E-state index contributed by atoms with van der Waals surface area (Å²) in [5.74, 6) is 0. The van der Waals surface area contributed by atoms with Gasteiger partial charge in [0, 0.05) is 0 Å². The average Bonchev–Trinajstić information content (AvgIpc) is 3.04. The van der Waals surface area contributed by atoms with Crippen LogP contribution in [0.15, 0.2) is 158 Å².